The van der Waals surface area contributed by atoms with Crippen LogP contribution < -0.4 is 10.6 Å². The van der Waals surface area contributed by atoms with Gasteiger partial charge in [0.1, 0.15) is 0 Å². The molecule has 2 saturated heterocycles. The Morgan fingerprint density at radius 1 is 1.12 bits per heavy atom. The predicted molar refractivity (Wildman–Crippen MR) is 139 cm³/mol. The number of hydrogen-bond donors (Lipinski definition) is 2. The number of carbonyl (C=O) groups excluding carboxylic acids is 1. The van der Waals surface area contributed by atoms with E-state index >= 15 is 0 Å². The van der Waals surface area contributed by atoms with Crippen LogP contribution in [0.3, 0.4) is 0 Å². The minimum atomic E-state index is -0.00858. The molecule has 180 valence electrons. The van der Waals surface area contributed by atoms with Crippen molar-refractivity contribution in [1.82, 2.24) is 15.1 Å². The van der Waals surface area contributed by atoms with Gasteiger partial charge < -0.3 is 29.9 Å². The summed E-state index contributed by atoms with van der Waals surface area (Å²) in [6.45, 7) is 5.72. The smallest absolute Gasteiger partial charge is 0.321 e. The molecule has 2 heterocycles. The topological polar surface area (TPSA) is 78.4 Å². The number of amides is 2. The maximum Gasteiger partial charge on any atom is 0.321 e. The van der Waals surface area contributed by atoms with Crippen LogP contribution in [0.5, 0.6) is 0 Å². The van der Waals surface area contributed by atoms with Crippen LogP contribution in [0.4, 0.5) is 10.5 Å². The number of piperidine rings is 1. The van der Waals surface area contributed by atoms with Crippen molar-refractivity contribution in [2.45, 2.75) is 44.8 Å². The number of guanidine groups is 1. The molecule has 9 heteroatoms. The second kappa shape index (κ2) is 14.5. The average molecular weight is 559 g/mol. The molecule has 3 rings (SSSR count). The molecule has 0 atom stereocenters. The number of methoxy groups -OCH3 is 1. The molecule has 0 aromatic heterocycles. The van der Waals surface area contributed by atoms with E-state index < -0.39 is 0 Å². The van der Waals surface area contributed by atoms with Gasteiger partial charge in [0.05, 0.1) is 6.10 Å². The summed E-state index contributed by atoms with van der Waals surface area (Å²) >= 11 is 0. The molecule has 2 aliphatic heterocycles. The largest absolute Gasteiger partial charge is 0.385 e. The molecule has 8 nitrogen and oxygen atoms in total. The number of halogens is 1. The van der Waals surface area contributed by atoms with E-state index in [0.717, 1.165) is 88.7 Å². The number of anilines is 1. The third kappa shape index (κ3) is 8.40. The van der Waals surface area contributed by atoms with Crippen molar-refractivity contribution >= 4 is 41.7 Å². The van der Waals surface area contributed by atoms with Gasteiger partial charge in [-0.3, -0.25) is 4.99 Å². The van der Waals surface area contributed by atoms with Crippen molar-refractivity contribution in [1.29, 1.82) is 0 Å². The van der Waals surface area contributed by atoms with Gasteiger partial charge in [0.15, 0.2) is 5.96 Å². The van der Waals surface area contributed by atoms with E-state index in [0.29, 0.717) is 12.6 Å². The van der Waals surface area contributed by atoms with Crippen molar-refractivity contribution in [3.63, 3.8) is 0 Å². The van der Waals surface area contributed by atoms with E-state index in [2.05, 4.69) is 26.6 Å². The van der Waals surface area contributed by atoms with Crippen LogP contribution in [-0.2, 0) is 16.0 Å². The summed E-state index contributed by atoms with van der Waals surface area (Å²) in [5.41, 5.74) is 1.94. The summed E-state index contributed by atoms with van der Waals surface area (Å²) in [4.78, 5) is 20.9. The molecule has 0 aliphatic carbocycles. The molecule has 0 spiro atoms. The maximum absolute atomic E-state index is 12.3. The Morgan fingerprint density at radius 2 is 1.88 bits per heavy atom. The van der Waals surface area contributed by atoms with Crippen molar-refractivity contribution in [3.05, 3.63) is 29.8 Å². The number of carbonyl (C=O) groups is 1. The number of nitrogens with one attached hydrogen (secondary N) is 2. The molecule has 0 radical (unpaired) electrons. The summed E-state index contributed by atoms with van der Waals surface area (Å²) in [6, 6.07) is 7.99. The molecule has 2 amide bonds. The quantitative estimate of drug-likeness (QED) is 0.221. The molecule has 2 N–H and O–H groups in total. The second-order valence-electron chi connectivity index (χ2n) is 8.13. The van der Waals surface area contributed by atoms with E-state index in [-0.39, 0.29) is 30.0 Å². The number of benzene rings is 1. The molecule has 2 fully saturated rings. The fraction of sp³-hybridized carbons (Fsp3) is 0.652. The van der Waals surface area contributed by atoms with Crippen LogP contribution in [0.15, 0.2) is 29.3 Å². The van der Waals surface area contributed by atoms with Gasteiger partial charge in [-0.05, 0) is 49.8 Å². The Morgan fingerprint density at radius 3 is 2.56 bits per heavy atom. The van der Waals surface area contributed by atoms with Crippen LogP contribution in [-0.4, -0.2) is 81.4 Å². The van der Waals surface area contributed by atoms with Crippen LogP contribution in [0.2, 0.25) is 0 Å². The van der Waals surface area contributed by atoms with Crippen LogP contribution in [0.1, 0.15) is 37.7 Å². The van der Waals surface area contributed by atoms with Crippen molar-refractivity contribution in [2.75, 3.05) is 58.9 Å². The summed E-state index contributed by atoms with van der Waals surface area (Å²) in [5.74, 6) is 0.907. The zero-order valence-corrected chi connectivity index (χ0v) is 21.7. The number of rotatable bonds is 8. The zero-order valence-electron chi connectivity index (χ0n) is 19.3. The SMILES string of the molecule is CN=C(NCc1cccc(NC(=O)N2CCCC2)c1)N1CCC(OCCCOC)CC1.I. The van der Waals surface area contributed by atoms with Crippen LogP contribution >= 0.6 is 24.0 Å². The molecule has 0 bridgehead atoms. The predicted octanol–water partition coefficient (Wildman–Crippen LogP) is 3.53. The molecule has 1 aromatic carbocycles. The van der Waals surface area contributed by atoms with Crippen LogP contribution in [0, 0.1) is 0 Å². The minimum Gasteiger partial charge on any atom is -0.385 e. The first-order valence-corrected chi connectivity index (χ1v) is 11.4. The zero-order chi connectivity index (χ0) is 21.9. The number of nitrogens with zero attached hydrogens (tertiary/aromatic N) is 3. The second-order valence-corrected chi connectivity index (χ2v) is 8.13. The molecular formula is C23H38IN5O3. The Kier molecular flexibility index (Phi) is 12.1. The highest BCUT2D eigenvalue weighted by atomic mass is 127. The first-order chi connectivity index (χ1) is 15.2. The van der Waals surface area contributed by atoms with Crippen molar-refractivity contribution < 1.29 is 14.3 Å². The standard InChI is InChI=1S/C23H37N5O3.HI/c1-24-22(27-13-9-21(10-14-27)31-16-6-15-30-2)25-18-19-7-5-8-20(17-19)26-23(29)28-11-3-4-12-28;/h5,7-8,17,21H,3-4,6,9-16,18H2,1-2H3,(H,24,25)(H,26,29);1H. The first-order valence-electron chi connectivity index (χ1n) is 11.4. The summed E-state index contributed by atoms with van der Waals surface area (Å²) in [7, 11) is 3.54. The molecule has 0 unspecified atom stereocenters. The lowest BCUT2D eigenvalue weighted by molar-refractivity contribution is 0.00989. The highest BCUT2D eigenvalue weighted by Gasteiger charge is 2.22. The van der Waals surface area contributed by atoms with Gasteiger partial charge in [-0.25, -0.2) is 4.79 Å². The molecule has 2 aliphatic rings. The van der Waals surface area contributed by atoms with E-state index in [1.54, 1.807) is 7.11 Å². The number of urea groups is 1. The van der Waals surface area contributed by atoms with Gasteiger partial charge in [0.25, 0.3) is 0 Å². The van der Waals surface area contributed by atoms with Gasteiger partial charge >= 0.3 is 6.03 Å². The number of aliphatic imine (C=N–C) groups is 1. The lowest BCUT2D eigenvalue weighted by Gasteiger charge is -2.34. The lowest BCUT2D eigenvalue weighted by atomic mass is 10.1. The normalized spacial score (nSPS) is 17.2. The minimum absolute atomic E-state index is 0. The summed E-state index contributed by atoms with van der Waals surface area (Å²) in [6.07, 6.45) is 5.46. The fourth-order valence-electron chi connectivity index (χ4n) is 4.08. The Balaban J connectivity index is 0.00000363. The molecular weight excluding hydrogens is 521 g/mol. The Hall–Kier alpha value is -1.59. The summed E-state index contributed by atoms with van der Waals surface area (Å²) < 4.78 is 11.0. The average Bonchev–Trinajstić information content (AvgIpc) is 3.34. The third-order valence-electron chi connectivity index (χ3n) is 5.82. The number of hydrogen-bond acceptors (Lipinski definition) is 4. The molecule has 1 aromatic rings. The Labute approximate surface area is 209 Å². The van der Waals surface area contributed by atoms with E-state index in [9.17, 15) is 4.79 Å². The van der Waals surface area contributed by atoms with Gasteiger partial charge in [-0.1, -0.05) is 12.1 Å². The van der Waals surface area contributed by atoms with Gasteiger partial charge in [0.2, 0.25) is 0 Å². The van der Waals surface area contributed by atoms with E-state index in [1.165, 1.54) is 0 Å². The maximum atomic E-state index is 12.3. The Bertz CT molecular complexity index is 719. The van der Waals surface area contributed by atoms with E-state index in [1.807, 2.05) is 30.1 Å². The van der Waals surface area contributed by atoms with Gasteiger partial charge in [-0.15, -0.1) is 24.0 Å². The van der Waals surface area contributed by atoms with Gasteiger partial charge in [0, 0.05) is 65.8 Å². The van der Waals surface area contributed by atoms with Crippen molar-refractivity contribution in [2.24, 2.45) is 4.99 Å². The highest BCUT2D eigenvalue weighted by Crippen LogP contribution is 2.16. The lowest BCUT2D eigenvalue weighted by Crippen LogP contribution is -2.46. The number of ether oxygens (including phenoxy) is 2. The van der Waals surface area contributed by atoms with Gasteiger partial charge in [-0.2, -0.15) is 0 Å². The van der Waals surface area contributed by atoms with Crippen LogP contribution in [0.25, 0.3) is 0 Å². The molecule has 32 heavy (non-hydrogen) atoms. The monoisotopic (exact) mass is 559 g/mol. The van der Waals surface area contributed by atoms with E-state index in [4.69, 9.17) is 9.47 Å². The highest BCUT2D eigenvalue weighted by molar-refractivity contribution is 14.0. The fourth-order valence-corrected chi connectivity index (χ4v) is 4.08. The molecule has 0 saturated carbocycles. The first kappa shape index (κ1) is 26.7. The number of likely N-dealkylation sites (tertiary alicyclic amines) is 2. The van der Waals surface area contributed by atoms with Crippen molar-refractivity contribution in [3.8, 4) is 0 Å². The summed E-state index contributed by atoms with van der Waals surface area (Å²) in [5, 5.41) is 6.48. The third-order valence-corrected chi connectivity index (χ3v) is 5.82.